The molecule has 0 unspecified atom stereocenters. The maximum absolute atomic E-state index is 7.75. The average molecular weight is 153 g/mol. The van der Waals surface area contributed by atoms with Gasteiger partial charge in [-0.05, 0) is 24.3 Å². The first kappa shape index (κ1) is 8.04. The van der Waals surface area contributed by atoms with Crippen molar-refractivity contribution in [2.45, 2.75) is 0 Å². The van der Waals surface area contributed by atoms with Crippen molar-refractivity contribution in [3.05, 3.63) is 24.3 Å². The van der Waals surface area contributed by atoms with Gasteiger partial charge in [0.25, 0.3) is 0 Å². The fourth-order valence-electron chi connectivity index (χ4n) is 0.712. The zero-order valence-electron chi connectivity index (χ0n) is 6.16. The van der Waals surface area contributed by atoms with Crippen LogP contribution in [0.4, 0.5) is 0 Å². The van der Waals surface area contributed by atoms with Gasteiger partial charge in [0.15, 0.2) is 0 Å². The fourth-order valence-corrected chi connectivity index (χ4v) is 0.712. The van der Waals surface area contributed by atoms with E-state index in [1.54, 1.807) is 0 Å². The first-order chi connectivity index (χ1) is 5.36. The molecule has 3 nitrogen and oxygen atoms in total. The van der Waals surface area contributed by atoms with Crippen LogP contribution < -0.4 is 5.73 Å². The monoisotopic (exact) mass is 153 g/mol. The van der Waals surface area contributed by atoms with Gasteiger partial charge in [-0.25, -0.2) is 0 Å². The number of aliphatic hydroxyl groups excluding tert-OH is 1. The quantitative estimate of drug-likeness (QED) is 0.637. The Morgan fingerprint density at radius 3 is 1.64 bits per heavy atom. The minimum atomic E-state index is 0.0972. The summed E-state index contributed by atoms with van der Waals surface area (Å²) >= 11 is 0. The molecule has 60 valence electrons. The summed E-state index contributed by atoms with van der Waals surface area (Å²) in [6.07, 6.45) is 0. The van der Waals surface area contributed by atoms with Crippen LogP contribution in [0.1, 0.15) is 0 Å². The summed E-state index contributed by atoms with van der Waals surface area (Å²) in [4.78, 5) is 0. The average Bonchev–Trinajstić information content (AvgIpc) is 2.67. The van der Waals surface area contributed by atoms with Crippen LogP contribution in [0.5, 0.6) is 0 Å². The van der Waals surface area contributed by atoms with E-state index in [0.29, 0.717) is 6.54 Å². The van der Waals surface area contributed by atoms with Gasteiger partial charge in [0.1, 0.15) is 11.2 Å². The second-order valence-electron chi connectivity index (χ2n) is 2.09. The number of rotatable bonds is 1. The number of hydrogen-bond donors (Lipinski definition) is 2. The summed E-state index contributed by atoms with van der Waals surface area (Å²) in [6, 6.07) is 7.81. The van der Waals surface area contributed by atoms with Crippen molar-refractivity contribution in [2.24, 2.45) is 5.73 Å². The van der Waals surface area contributed by atoms with E-state index in [1.165, 1.54) is 0 Å². The third kappa shape index (κ3) is 2.22. The van der Waals surface area contributed by atoms with Crippen molar-refractivity contribution in [1.29, 1.82) is 0 Å². The lowest BCUT2D eigenvalue weighted by Crippen LogP contribution is -2.02. The summed E-state index contributed by atoms with van der Waals surface area (Å²) in [6.45, 7) is 0.472. The Morgan fingerprint density at radius 1 is 1.18 bits per heavy atom. The maximum atomic E-state index is 7.75. The lowest BCUT2D eigenvalue weighted by atomic mass is 10.4. The normalized spacial score (nSPS) is 9.64. The topological polar surface area (TPSA) is 59.4 Å². The van der Waals surface area contributed by atoms with Crippen LogP contribution in [-0.2, 0) is 0 Å². The highest BCUT2D eigenvalue weighted by atomic mass is 16.3. The van der Waals surface area contributed by atoms with Crippen LogP contribution in [0.15, 0.2) is 28.7 Å². The summed E-state index contributed by atoms with van der Waals surface area (Å²) in [5.41, 5.74) is 6.71. The Balaban J connectivity index is 0.000000134. The van der Waals surface area contributed by atoms with Crippen molar-refractivity contribution < 1.29 is 9.52 Å². The highest BCUT2D eigenvalue weighted by Gasteiger charge is 1.91. The molecule has 0 spiro atoms. The lowest BCUT2D eigenvalue weighted by molar-refractivity contribution is 0.306. The molecule has 0 saturated carbocycles. The third-order valence-corrected chi connectivity index (χ3v) is 1.19. The minimum Gasteiger partial charge on any atom is -0.457 e. The van der Waals surface area contributed by atoms with Crippen LogP contribution in [0.25, 0.3) is 11.2 Å². The van der Waals surface area contributed by atoms with Crippen molar-refractivity contribution >= 4 is 11.2 Å². The molecule has 0 amide bonds. The Hall–Kier alpha value is -1.06. The maximum Gasteiger partial charge on any atom is 0.127 e. The zero-order chi connectivity index (χ0) is 8.10. The molecule has 2 aromatic heterocycles. The van der Waals surface area contributed by atoms with Crippen molar-refractivity contribution in [3.63, 3.8) is 0 Å². The minimum absolute atomic E-state index is 0.0972. The van der Waals surface area contributed by atoms with E-state index >= 15 is 0 Å². The molecule has 2 heterocycles. The van der Waals surface area contributed by atoms with Gasteiger partial charge in [-0.2, -0.15) is 0 Å². The fraction of sp³-hybridized carbons (Fsp3) is 0.250. The smallest absolute Gasteiger partial charge is 0.127 e. The van der Waals surface area contributed by atoms with Crippen molar-refractivity contribution in [2.75, 3.05) is 13.2 Å². The predicted octanol–water partition coefficient (Wildman–Crippen LogP) is 0.808. The number of nitrogens with two attached hydrogens (primary N) is 1. The number of furan rings is 2. The molecule has 2 rings (SSSR count). The predicted molar refractivity (Wildman–Crippen MR) is 43.5 cm³/mol. The summed E-state index contributed by atoms with van der Waals surface area (Å²) < 4.78 is 5.08. The van der Waals surface area contributed by atoms with E-state index in [2.05, 4.69) is 0 Å². The largest absolute Gasteiger partial charge is 0.457 e. The van der Waals surface area contributed by atoms with E-state index in [4.69, 9.17) is 15.3 Å². The van der Waals surface area contributed by atoms with E-state index in [1.807, 2.05) is 24.3 Å². The van der Waals surface area contributed by atoms with E-state index in [0.717, 1.165) is 11.2 Å². The summed E-state index contributed by atoms with van der Waals surface area (Å²) in [5.74, 6) is 0. The van der Waals surface area contributed by atoms with Gasteiger partial charge >= 0.3 is 0 Å². The number of hydrogen-bond acceptors (Lipinski definition) is 3. The Morgan fingerprint density at radius 2 is 1.55 bits per heavy atom. The molecule has 0 aliphatic carbocycles. The number of fused-ring (bicyclic) bond motifs is 2. The second kappa shape index (κ2) is 3.95. The van der Waals surface area contributed by atoms with Gasteiger partial charge in [0.05, 0.1) is 6.61 Å². The highest BCUT2D eigenvalue weighted by molar-refractivity contribution is 5.59. The molecule has 0 atom stereocenters. The van der Waals surface area contributed by atoms with Gasteiger partial charge in [-0.15, -0.1) is 0 Å². The Labute approximate surface area is 64.8 Å². The molecule has 0 radical (unpaired) electrons. The van der Waals surface area contributed by atoms with Crippen LogP contribution in [0, 0.1) is 0 Å². The molecule has 2 bridgehead atoms. The van der Waals surface area contributed by atoms with Gasteiger partial charge in [-0.1, -0.05) is 0 Å². The van der Waals surface area contributed by atoms with E-state index < -0.39 is 0 Å². The summed E-state index contributed by atoms with van der Waals surface area (Å²) in [7, 11) is 0. The Bertz CT molecular complexity index is 232. The van der Waals surface area contributed by atoms with Crippen molar-refractivity contribution in [1.82, 2.24) is 0 Å². The van der Waals surface area contributed by atoms with Crippen LogP contribution in [0.3, 0.4) is 0 Å². The Kier molecular flexibility index (Phi) is 2.89. The molecule has 3 N–H and O–H groups in total. The molecule has 3 heteroatoms. The molecule has 0 aliphatic heterocycles. The first-order valence-electron chi connectivity index (χ1n) is 3.45. The molecule has 11 heavy (non-hydrogen) atoms. The number of aliphatic hydroxyl groups is 1. The van der Waals surface area contributed by atoms with Crippen LogP contribution >= 0.6 is 0 Å². The van der Waals surface area contributed by atoms with Crippen LogP contribution in [-0.4, -0.2) is 18.3 Å². The molecular formula is C8H11NO2. The van der Waals surface area contributed by atoms with E-state index in [9.17, 15) is 0 Å². The highest BCUT2D eigenvalue weighted by Crippen LogP contribution is 2.13. The van der Waals surface area contributed by atoms with E-state index in [-0.39, 0.29) is 6.61 Å². The molecular weight excluding hydrogens is 142 g/mol. The van der Waals surface area contributed by atoms with Crippen LogP contribution in [0.2, 0.25) is 0 Å². The summed E-state index contributed by atoms with van der Waals surface area (Å²) in [5, 5.41) is 7.75. The SMILES string of the molecule is NCCO.c1cc2ccc1o2. The first-order valence-corrected chi connectivity index (χ1v) is 3.45. The lowest BCUT2D eigenvalue weighted by Gasteiger charge is -1.71. The molecule has 0 aliphatic rings. The molecule has 0 saturated heterocycles. The van der Waals surface area contributed by atoms with Crippen molar-refractivity contribution in [3.8, 4) is 0 Å². The third-order valence-electron chi connectivity index (χ3n) is 1.19. The van der Waals surface area contributed by atoms with Gasteiger partial charge in [0.2, 0.25) is 0 Å². The number of benzene rings is 1. The molecule has 0 aromatic carbocycles. The molecule has 0 fully saturated rings. The standard InChI is InChI=1S/C6H4O.C2H7NO/c1-2-6-4-3-5(1)7-6;3-1-2-4/h1-4H;4H,1-3H2. The van der Waals surface area contributed by atoms with Gasteiger partial charge in [0, 0.05) is 6.54 Å². The van der Waals surface area contributed by atoms with Gasteiger partial charge < -0.3 is 15.3 Å². The molecule has 2 aromatic rings. The zero-order valence-corrected chi connectivity index (χ0v) is 6.16. The van der Waals surface area contributed by atoms with Gasteiger partial charge in [-0.3, -0.25) is 0 Å². The second-order valence-corrected chi connectivity index (χ2v) is 2.09.